The van der Waals surface area contributed by atoms with Crippen molar-refractivity contribution in [2.45, 2.75) is 16.6 Å². The summed E-state index contributed by atoms with van der Waals surface area (Å²) in [5.74, 6) is 0.168. The molecule has 3 aromatic carbocycles. The Labute approximate surface area is 165 Å². The largest absolute Gasteiger partial charge is 0.0876 e. The zero-order chi connectivity index (χ0) is 16.9. The van der Waals surface area contributed by atoms with E-state index in [1.807, 2.05) is 12.1 Å². The lowest BCUT2D eigenvalue weighted by atomic mass is 9.84. The summed E-state index contributed by atoms with van der Waals surface area (Å²) in [4.78, 5) is 0. The number of alkyl halides is 2. The van der Waals surface area contributed by atoms with Crippen molar-refractivity contribution in [2.75, 3.05) is 0 Å². The monoisotopic (exact) mass is 462 g/mol. The molecule has 24 heavy (non-hydrogen) atoms. The van der Waals surface area contributed by atoms with Gasteiger partial charge in [-0.3, -0.25) is 0 Å². The number of hydrogen-bond donors (Lipinski definition) is 0. The lowest BCUT2D eigenvalue weighted by molar-refractivity contribution is 0.971. The summed E-state index contributed by atoms with van der Waals surface area (Å²) in [6.07, 6.45) is 0. The number of halogens is 3. The lowest BCUT2D eigenvalue weighted by Crippen LogP contribution is -2.04. The van der Waals surface area contributed by atoms with Crippen LogP contribution in [-0.4, -0.2) is 0 Å². The van der Waals surface area contributed by atoms with E-state index >= 15 is 0 Å². The fourth-order valence-corrected chi connectivity index (χ4v) is 3.87. The minimum Gasteiger partial charge on any atom is -0.0876 e. The Hall–Kier alpha value is -1.09. The molecule has 0 fully saturated rings. The molecule has 0 saturated heterocycles. The molecule has 0 atom stereocenters. The van der Waals surface area contributed by atoms with Crippen LogP contribution in [0.4, 0.5) is 0 Å². The third kappa shape index (κ3) is 4.11. The minimum absolute atomic E-state index is 0.168. The fourth-order valence-electron chi connectivity index (χ4n) is 2.98. The summed E-state index contributed by atoms with van der Waals surface area (Å²) >= 11 is 13.4. The Morgan fingerprint density at radius 1 is 0.667 bits per heavy atom. The molecule has 0 radical (unpaired) electrons. The van der Waals surface area contributed by atoms with Gasteiger partial charge in [-0.05, 0) is 39.9 Å². The fraction of sp³-hybridized carbons (Fsp3) is 0.143. The van der Waals surface area contributed by atoms with Gasteiger partial charge in [-0.15, -0.1) is 0 Å². The molecule has 0 bridgehead atoms. The van der Waals surface area contributed by atoms with Crippen molar-refractivity contribution < 1.29 is 0 Å². The Bertz CT molecular complexity index is 782. The predicted octanol–water partition coefficient (Wildman–Crippen LogP) is 7.31. The van der Waals surface area contributed by atoms with Gasteiger partial charge in [0.25, 0.3) is 0 Å². The molecule has 0 heterocycles. The second kappa shape index (κ2) is 8.33. The molecule has 0 aromatic heterocycles. The number of rotatable bonds is 5. The van der Waals surface area contributed by atoms with E-state index in [2.05, 4.69) is 92.5 Å². The molecule has 3 heteroatoms. The van der Waals surface area contributed by atoms with Crippen molar-refractivity contribution in [2.24, 2.45) is 0 Å². The average Bonchev–Trinajstić information content (AvgIpc) is 2.62. The molecule has 3 aromatic rings. The van der Waals surface area contributed by atoms with Crippen LogP contribution in [0.15, 0.2) is 72.8 Å². The molecule has 0 aliphatic carbocycles. The number of benzene rings is 3. The van der Waals surface area contributed by atoms with E-state index in [0.717, 1.165) is 15.7 Å². The highest BCUT2D eigenvalue weighted by Crippen LogP contribution is 2.34. The van der Waals surface area contributed by atoms with Crippen molar-refractivity contribution in [1.82, 2.24) is 0 Å². The first kappa shape index (κ1) is 17.7. The van der Waals surface area contributed by atoms with Gasteiger partial charge in [-0.25, -0.2) is 0 Å². The highest BCUT2D eigenvalue weighted by Gasteiger charge is 2.17. The SMILES string of the molecule is Clc1cccc(C(c2cccc(CBr)c2)c2cccc(CBr)c2)c1. The summed E-state index contributed by atoms with van der Waals surface area (Å²) in [7, 11) is 0. The van der Waals surface area contributed by atoms with Gasteiger partial charge in [-0.1, -0.05) is 104 Å². The molecule has 0 N–H and O–H groups in total. The van der Waals surface area contributed by atoms with Crippen LogP contribution >= 0.6 is 43.5 Å². The van der Waals surface area contributed by atoms with Gasteiger partial charge in [0.1, 0.15) is 0 Å². The Kier molecular flexibility index (Phi) is 6.15. The first-order valence-corrected chi connectivity index (χ1v) is 10.4. The quantitative estimate of drug-likeness (QED) is 0.274. The third-order valence-corrected chi connectivity index (χ3v) is 5.59. The van der Waals surface area contributed by atoms with E-state index in [-0.39, 0.29) is 5.92 Å². The van der Waals surface area contributed by atoms with Gasteiger partial charge in [0.05, 0.1) is 0 Å². The molecule has 0 unspecified atom stereocenters. The van der Waals surface area contributed by atoms with Gasteiger partial charge in [0.2, 0.25) is 0 Å². The van der Waals surface area contributed by atoms with E-state index in [0.29, 0.717) is 0 Å². The van der Waals surface area contributed by atoms with Crippen molar-refractivity contribution in [3.05, 3.63) is 106 Å². The van der Waals surface area contributed by atoms with Crippen LogP contribution in [-0.2, 0) is 10.7 Å². The zero-order valence-corrected chi connectivity index (χ0v) is 17.0. The van der Waals surface area contributed by atoms with E-state index < -0.39 is 0 Å². The molecule has 0 aliphatic heterocycles. The second-order valence-electron chi connectivity index (χ2n) is 5.75. The Morgan fingerprint density at radius 3 is 1.58 bits per heavy atom. The average molecular weight is 465 g/mol. The first-order chi connectivity index (χ1) is 11.7. The maximum absolute atomic E-state index is 6.27. The summed E-state index contributed by atoms with van der Waals surface area (Å²) in [6, 6.07) is 25.6. The maximum Gasteiger partial charge on any atom is 0.0409 e. The van der Waals surface area contributed by atoms with E-state index in [1.165, 1.54) is 27.8 Å². The molecule has 0 amide bonds. The van der Waals surface area contributed by atoms with Crippen LogP contribution < -0.4 is 0 Å². The standard InChI is InChI=1S/C21H17Br2Cl/c22-13-15-4-1-6-17(10-15)21(19-8-3-9-20(24)12-19)18-7-2-5-16(11-18)14-23/h1-12,21H,13-14H2. The summed E-state index contributed by atoms with van der Waals surface area (Å²) in [6.45, 7) is 0. The van der Waals surface area contributed by atoms with Crippen molar-refractivity contribution in [1.29, 1.82) is 0 Å². The van der Waals surface area contributed by atoms with Crippen LogP contribution in [0.25, 0.3) is 0 Å². The molecule has 3 rings (SSSR count). The molecular formula is C21H17Br2Cl. The molecule has 0 saturated carbocycles. The van der Waals surface area contributed by atoms with E-state index in [4.69, 9.17) is 11.6 Å². The van der Waals surface area contributed by atoms with Crippen molar-refractivity contribution in [3.8, 4) is 0 Å². The smallest absolute Gasteiger partial charge is 0.0409 e. The molecule has 0 aliphatic rings. The highest BCUT2D eigenvalue weighted by atomic mass is 79.9. The van der Waals surface area contributed by atoms with Crippen molar-refractivity contribution >= 4 is 43.5 Å². The summed E-state index contributed by atoms with van der Waals surface area (Å²) < 4.78 is 0. The first-order valence-electron chi connectivity index (χ1n) is 7.76. The highest BCUT2D eigenvalue weighted by molar-refractivity contribution is 9.08. The topological polar surface area (TPSA) is 0 Å². The van der Waals surface area contributed by atoms with Crippen LogP contribution in [0.5, 0.6) is 0 Å². The summed E-state index contributed by atoms with van der Waals surface area (Å²) in [5.41, 5.74) is 6.31. The Morgan fingerprint density at radius 2 is 1.12 bits per heavy atom. The van der Waals surface area contributed by atoms with Gasteiger partial charge in [-0.2, -0.15) is 0 Å². The van der Waals surface area contributed by atoms with E-state index in [9.17, 15) is 0 Å². The lowest BCUT2D eigenvalue weighted by Gasteiger charge is -2.20. The number of hydrogen-bond acceptors (Lipinski definition) is 0. The van der Waals surface area contributed by atoms with Crippen LogP contribution in [0.3, 0.4) is 0 Å². The molecule has 0 nitrogen and oxygen atoms in total. The van der Waals surface area contributed by atoms with Gasteiger partial charge < -0.3 is 0 Å². The van der Waals surface area contributed by atoms with Crippen LogP contribution in [0.2, 0.25) is 5.02 Å². The summed E-state index contributed by atoms with van der Waals surface area (Å²) in [5, 5.41) is 2.47. The zero-order valence-electron chi connectivity index (χ0n) is 13.1. The third-order valence-electron chi connectivity index (χ3n) is 4.06. The maximum atomic E-state index is 6.27. The van der Waals surface area contributed by atoms with Crippen LogP contribution in [0, 0.1) is 0 Å². The van der Waals surface area contributed by atoms with Crippen LogP contribution in [0.1, 0.15) is 33.7 Å². The molecule has 122 valence electrons. The van der Waals surface area contributed by atoms with Gasteiger partial charge in [0, 0.05) is 21.6 Å². The van der Waals surface area contributed by atoms with E-state index in [1.54, 1.807) is 0 Å². The van der Waals surface area contributed by atoms with Gasteiger partial charge >= 0.3 is 0 Å². The normalized spacial score (nSPS) is 11.0. The van der Waals surface area contributed by atoms with Gasteiger partial charge in [0.15, 0.2) is 0 Å². The Balaban J connectivity index is 2.16. The predicted molar refractivity (Wildman–Crippen MR) is 111 cm³/mol. The second-order valence-corrected chi connectivity index (χ2v) is 7.30. The van der Waals surface area contributed by atoms with Crippen molar-refractivity contribution in [3.63, 3.8) is 0 Å². The minimum atomic E-state index is 0.168. The molecular weight excluding hydrogens is 447 g/mol. The molecule has 0 spiro atoms.